The minimum atomic E-state index is -0.259. The monoisotopic (exact) mass is 186 g/mol. The quantitative estimate of drug-likeness (QED) is 0.709. The molecule has 2 aliphatic rings. The van der Waals surface area contributed by atoms with Crippen LogP contribution in [0.15, 0.2) is 0 Å². The first kappa shape index (κ1) is 9.44. The Morgan fingerprint density at radius 3 is 2.62 bits per heavy atom. The molecule has 0 aromatic rings. The van der Waals surface area contributed by atoms with Crippen LogP contribution < -0.4 is 0 Å². The van der Waals surface area contributed by atoms with Crippen molar-refractivity contribution < 1.29 is 14.6 Å². The van der Waals surface area contributed by atoms with Crippen LogP contribution in [0.25, 0.3) is 0 Å². The summed E-state index contributed by atoms with van der Waals surface area (Å²) in [5.41, 5.74) is 0. The molecule has 1 heterocycles. The Morgan fingerprint density at radius 2 is 2.00 bits per heavy atom. The van der Waals surface area contributed by atoms with Gasteiger partial charge in [0, 0.05) is 6.61 Å². The second kappa shape index (κ2) is 4.40. The Hall–Kier alpha value is -0.120. The lowest BCUT2D eigenvalue weighted by Gasteiger charge is -2.27. The first-order chi connectivity index (χ1) is 6.36. The SMILES string of the molecule is OC1CCCC1OC1CCCCO1. The van der Waals surface area contributed by atoms with Gasteiger partial charge in [0.25, 0.3) is 0 Å². The lowest BCUT2D eigenvalue weighted by Crippen LogP contribution is -2.32. The molecule has 2 fully saturated rings. The van der Waals surface area contributed by atoms with Crippen LogP contribution in [0.5, 0.6) is 0 Å². The fourth-order valence-corrected chi connectivity index (χ4v) is 2.08. The van der Waals surface area contributed by atoms with Gasteiger partial charge in [-0.25, -0.2) is 0 Å². The molecule has 0 aromatic heterocycles. The van der Waals surface area contributed by atoms with Crippen LogP contribution in [0.3, 0.4) is 0 Å². The zero-order valence-corrected chi connectivity index (χ0v) is 7.95. The summed E-state index contributed by atoms with van der Waals surface area (Å²) in [6.07, 6.45) is 6.00. The molecule has 0 radical (unpaired) electrons. The van der Waals surface area contributed by atoms with E-state index in [1.807, 2.05) is 0 Å². The number of rotatable bonds is 2. The molecule has 0 aromatic carbocycles. The summed E-state index contributed by atoms with van der Waals surface area (Å²) in [6.45, 7) is 0.813. The van der Waals surface area contributed by atoms with Crippen molar-refractivity contribution >= 4 is 0 Å². The molecule has 0 amide bonds. The van der Waals surface area contributed by atoms with Crippen molar-refractivity contribution in [3.05, 3.63) is 0 Å². The maximum Gasteiger partial charge on any atom is 0.158 e. The predicted octanol–water partition coefficient (Wildman–Crippen LogP) is 1.44. The van der Waals surface area contributed by atoms with Gasteiger partial charge in [0.1, 0.15) is 0 Å². The van der Waals surface area contributed by atoms with Crippen LogP contribution in [-0.4, -0.2) is 30.2 Å². The van der Waals surface area contributed by atoms with Gasteiger partial charge in [0.2, 0.25) is 0 Å². The van der Waals surface area contributed by atoms with E-state index in [0.29, 0.717) is 0 Å². The van der Waals surface area contributed by atoms with Crippen LogP contribution in [0, 0.1) is 0 Å². The third-order valence-electron chi connectivity index (χ3n) is 2.88. The van der Waals surface area contributed by atoms with E-state index < -0.39 is 0 Å². The first-order valence-electron chi connectivity index (χ1n) is 5.31. The van der Waals surface area contributed by atoms with Crippen molar-refractivity contribution in [1.29, 1.82) is 0 Å². The molecule has 1 saturated heterocycles. The molecular weight excluding hydrogens is 168 g/mol. The van der Waals surface area contributed by atoms with Gasteiger partial charge in [-0.2, -0.15) is 0 Å². The molecule has 0 spiro atoms. The van der Waals surface area contributed by atoms with Crippen molar-refractivity contribution in [3.63, 3.8) is 0 Å². The molecule has 1 saturated carbocycles. The number of hydrogen-bond acceptors (Lipinski definition) is 3. The highest BCUT2D eigenvalue weighted by Gasteiger charge is 2.29. The maximum absolute atomic E-state index is 9.54. The van der Waals surface area contributed by atoms with Crippen LogP contribution in [0.1, 0.15) is 38.5 Å². The third-order valence-corrected chi connectivity index (χ3v) is 2.88. The van der Waals surface area contributed by atoms with E-state index in [4.69, 9.17) is 9.47 Å². The summed E-state index contributed by atoms with van der Waals surface area (Å²) in [5, 5.41) is 9.54. The van der Waals surface area contributed by atoms with Gasteiger partial charge >= 0.3 is 0 Å². The van der Waals surface area contributed by atoms with Crippen molar-refractivity contribution in [2.24, 2.45) is 0 Å². The second-order valence-corrected chi connectivity index (χ2v) is 3.97. The molecule has 0 bridgehead atoms. The highest BCUT2D eigenvalue weighted by atomic mass is 16.7. The van der Waals surface area contributed by atoms with Crippen LogP contribution in [0.4, 0.5) is 0 Å². The molecule has 1 aliphatic carbocycles. The number of aliphatic hydroxyl groups is 1. The first-order valence-corrected chi connectivity index (χ1v) is 5.31. The Kier molecular flexibility index (Phi) is 3.19. The average molecular weight is 186 g/mol. The summed E-state index contributed by atoms with van der Waals surface area (Å²) in [5.74, 6) is 0. The van der Waals surface area contributed by atoms with Crippen LogP contribution in [-0.2, 0) is 9.47 Å². The summed E-state index contributed by atoms with van der Waals surface area (Å²) in [4.78, 5) is 0. The van der Waals surface area contributed by atoms with Gasteiger partial charge in [-0.15, -0.1) is 0 Å². The summed E-state index contributed by atoms with van der Waals surface area (Å²) in [7, 11) is 0. The molecule has 1 aliphatic heterocycles. The smallest absolute Gasteiger partial charge is 0.158 e. The van der Waals surface area contributed by atoms with Gasteiger partial charge in [0.05, 0.1) is 12.2 Å². The number of aliphatic hydroxyl groups excluding tert-OH is 1. The largest absolute Gasteiger partial charge is 0.390 e. The average Bonchev–Trinajstić information content (AvgIpc) is 2.54. The lowest BCUT2D eigenvalue weighted by atomic mass is 10.2. The van der Waals surface area contributed by atoms with Gasteiger partial charge in [-0.3, -0.25) is 0 Å². The van der Waals surface area contributed by atoms with E-state index in [0.717, 1.165) is 38.7 Å². The van der Waals surface area contributed by atoms with Gasteiger partial charge in [-0.1, -0.05) is 0 Å². The highest BCUT2D eigenvalue weighted by molar-refractivity contribution is 4.77. The Balaban J connectivity index is 1.75. The Morgan fingerprint density at radius 1 is 1.08 bits per heavy atom. The van der Waals surface area contributed by atoms with Crippen LogP contribution in [0.2, 0.25) is 0 Å². The Bertz CT molecular complexity index is 154. The fourth-order valence-electron chi connectivity index (χ4n) is 2.08. The van der Waals surface area contributed by atoms with E-state index in [2.05, 4.69) is 0 Å². The van der Waals surface area contributed by atoms with Crippen molar-refractivity contribution in [1.82, 2.24) is 0 Å². The molecule has 3 heteroatoms. The zero-order chi connectivity index (χ0) is 9.10. The summed E-state index contributed by atoms with van der Waals surface area (Å²) < 4.78 is 11.1. The van der Waals surface area contributed by atoms with Crippen molar-refractivity contribution in [3.8, 4) is 0 Å². The zero-order valence-electron chi connectivity index (χ0n) is 7.95. The molecule has 3 unspecified atom stereocenters. The highest BCUT2D eigenvalue weighted by Crippen LogP contribution is 2.25. The van der Waals surface area contributed by atoms with Gasteiger partial charge in [-0.05, 0) is 38.5 Å². The molecular formula is C10H18O3. The van der Waals surface area contributed by atoms with E-state index in [-0.39, 0.29) is 18.5 Å². The molecule has 13 heavy (non-hydrogen) atoms. The van der Waals surface area contributed by atoms with E-state index >= 15 is 0 Å². The normalized spacial score (nSPS) is 40.8. The van der Waals surface area contributed by atoms with Gasteiger partial charge in [0.15, 0.2) is 6.29 Å². The molecule has 3 atom stereocenters. The van der Waals surface area contributed by atoms with Crippen molar-refractivity contribution in [2.45, 2.75) is 57.0 Å². The van der Waals surface area contributed by atoms with Gasteiger partial charge < -0.3 is 14.6 Å². The summed E-state index contributed by atoms with van der Waals surface area (Å²) in [6, 6.07) is 0. The van der Waals surface area contributed by atoms with Crippen LogP contribution >= 0.6 is 0 Å². The summed E-state index contributed by atoms with van der Waals surface area (Å²) >= 11 is 0. The van der Waals surface area contributed by atoms with E-state index in [9.17, 15) is 5.11 Å². The minimum absolute atomic E-state index is 0.0306. The standard InChI is InChI=1S/C10H18O3/c11-8-4-3-5-9(8)13-10-6-1-2-7-12-10/h8-11H,1-7H2. The second-order valence-electron chi connectivity index (χ2n) is 3.97. The van der Waals surface area contributed by atoms with Crippen molar-refractivity contribution in [2.75, 3.05) is 6.61 Å². The fraction of sp³-hybridized carbons (Fsp3) is 1.00. The number of hydrogen-bond donors (Lipinski definition) is 1. The minimum Gasteiger partial charge on any atom is -0.390 e. The molecule has 2 rings (SSSR count). The molecule has 76 valence electrons. The molecule has 3 nitrogen and oxygen atoms in total. The van der Waals surface area contributed by atoms with E-state index in [1.54, 1.807) is 0 Å². The topological polar surface area (TPSA) is 38.7 Å². The lowest BCUT2D eigenvalue weighted by molar-refractivity contribution is -0.201. The van der Waals surface area contributed by atoms with E-state index in [1.165, 1.54) is 6.42 Å². The number of ether oxygens (including phenoxy) is 2. The Labute approximate surface area is 79.0 Å². The third kappa shape index (κ3) is 2.42. The predicted molar refractivity (Wildman–Crippen MR) is 48.3 cm³/mol. The maximum atomic E-state index is 9.54. The molecule has 1 N–H and O–H groups in total.